The number of hydrogen-bond donors (Lipinski definition) is 1. The standard InChI is InChI=1S/C15H14O3S/c1-3-6-15(19(16,17)18)14-10-13-8-5-4-7-12(13)9-11(14)2/h3-10H,1H2,2H3,(H,16,17,18)/b15-6+. The number of fused-ring (bicyclic) bond motifs is 1. The van der Waals surface area contributed by atoms with E-state index in [4.69, 9.17) is 0 Å². The summed E-state index contributed by atoms with van der Waals surface area (Å²) >= 11 is 0. The molecule has 2 rings (SSSR count). The Morgan fingerprint density at radius 2 is 1.79 bits per heavy atom. The first kappa shape index (κ1) is 13.5. The van der Waals surface area contributed by atoms with Crippen LogP contribution >= 0.6 is 0 Å². The summed E-state index contributed by atoms with van der Waals surface area (Å²) < 4.78 is 32.2. The van der Waals surface area contributed by atoms with Crippen LogP contribution in [0.25, 0.3) is 15.7 Å². The highest BCUT2D eigenvalue weighted by atomic mass is 32.2. The Kier molecular flexibility index (Phi) is 3.55. The quantitative estimate of drug-likeness (QED) is 0.687. The van der Waals surface area contributed by atoms with Gasteiger partial charge in [0.15, 0.2) is 0 Å². The average Bonchev–Trinajstić information content (AvgIpc) is 2.34. The molecule has 0 aliphatic carbocycles. The van der Waals surface area contributed by atoms with Crippen molar-refractivity contribution in [1.82, 2.24) is 0 Å². The third-order valence-electron chi connectivity index (χ3n) is 2.91. The summed E-state index contributed by atoms with van der Waals surface area (Å²) in [5, 5.41) is 1.94. The zero-order valence-corrected chi connectivity index (χ0v) is 11.3. The van der Waals surface area contributed by atoms with E-state index in [0.29, 0.717) is 5.56 Å². The van der Waals surface area contributed by atoms with Crippen molar-refractivity contribution in [2.45, 2.75) is 6.92 Å². The smallest absolute Gasteiger partial charge is 0.282 e. The van der Waals surface area contributed by atoms with Gasteiger partial charge >= 0.3 is 0 Å². The second kappa shape index (κ2) is 4.99. The zero-order valence-electron chi connectivity index (χ0n) is 10.5. The van der Waals surface area contributed by atoms with Crippen LogP contribution < -0.4 is 0 Å². The molecule has 0 saturated carbocycles. The predicted molar refractivity (Wildman–Crippen MR) is 78.4 cm³/mol. The fourth-order valence-electron chi connectivity index (χ4n) is 2.04. The molecule has 1 N–H and O–H groups in total. The Balaban J connectivity index is 2.77. The second-order valence-electron chi connectivity index (χ2n) is 4.26. The Bertz CT molecular complexity index is 771. The number of hydrogen-bond acceptors (Lipinski definition) is 2. The van der Waals surface area contributed by atoms with E-state index in [1.165, 1.54) is 12.2 Å². The molecule has 98 valence electrons. The minimum atomic E-state index is -4.28. The van der Waals surface area contributed by atoms with Crippen molar-refractivity contribution in [3.05, 3.63) is 66.3 Å². The van der Waals surface area contributed by atoms with Crippen molar-refractivity contribution >= 4 is 25.8 Å². The van der Waals surface area contributed by atoms with Crippen molar-refractivity contribution in [2.75, 3.05) is 0 Å². The third-order valence-corrected chi connectivity index (χ3v) is 3.82. The summed E-state index contributed by atoms with van der Waals surface area (Å²) in [6.45, 7) is 5.29. The molecule has 4 heteroatoms. The maximum absolute atomic E-state index is 11.4. The van der Waals surface area contributed by atoms with E-state index in [9.17, 15) is 13.0 Å². The molecule has 0 saturated heterocycles. The monoisotopic (exact) mass is 274 g/mol. The Morgan fingerprint density at radius 3 is 2.32 bits per heavy atom. The van der Waals surface area contributed by atoms with E-state index in [0.717, 1.165) is 16.3 Å². The van der Waals surface area contributed by atoms with E-state index in [1.807, 2.05) is 37.3 Å². The SMILES string of the molecule is C=C/C=C(\c1cc2ccccc2cc1C)S(=O)(=O)O. The predicted octanol–water partition coefficient (Wildman–Crippen LogP) is 3.56. The highest BCUT2D eigenvalue weighted by Gasteiger charge is 2.17. The minimum Gasteiger partial charge on any atom is -0.282 e. The van der Waals surface area contributed by atoms with Gasteiger partial charge < -0.3 is 0 Å². The Hall–Kier alpha value is -1.91. The molecular formula is C15H14O3S. The van der Waals surface area contributed by atoms with Gasteiger partial charge in [-0.3, -0.25) is 4.55 Å². The van der Waals surface area contributed by atoms with Gasteiger partial charge in [0, 0.05) is 0 Å². The van der Waals surface area contributed by atoms with E-state index < -0.39 is 10.1 Å². The van der Waals surface area contributed by atoms with Crippen LogP contribution in [0.4, 0.5) is 0 Å². The van der Waals surface area contributed by atoms with Crippen molar-refractivity contribution < 1.29 is 13.0 Å². The summed E-state index contributed by atoms with van der Waals surface area (Å²) in [5.74, 6) is 0. The summed E-state index contributed by atoms with van der Waals surface area (Å²) in [6, 6.07) is 11.3. The van der Waals surface area contributed by atoms with Gasteiger partial charge in [0.1, 0.15) is 4.91 Å². The second-order valence-corrected chi connectivity index (χ2v) is 5.65. The highest BCUT2D eigenvalue weighted by Crippen LogP contribution is 2.28. The molecule has 3 nitrogen and oxygen atoms in total. The molecule has 0 aromatic heterocycles. The normalized spacial score (nSPS) is 12.6. The van der Waals surface area contributed by atoms with Crippen molar-refractivity contribution in [1.29, 1.82) is 0 Å². The van der Waals surface area contributed by atoms with Crippen LogP contribution in [0.5, 0.6) is 0 Å². The number of aryl methyl sites for hydroxylation is 1. The zero-order chi connectivity index (χ0) is 14.0. The van der Waals surface area contributed by atoms with Gasteiger partial charge in [0.25, 0.3) is 10.1 Å². The molecule has 0 fully saturated rings. The molecule has 19 heavy (non-hydrogen) atoms. The molecule has 0 bridgehead atoms. The Labute approximate surface area is 112 Å². The van der Waals surface area contributed by atoms with Gasteiger partial charge in [-0.05, 0) is 41.0 Å². The van der Waals surface area contributed by atoms with Gasteiger partial charge in [0.2, 0.25) is 0 Å². The van der Waals surface area contributed by atoms with E-state index >= 15 is 0 Å². The van der Waals surface area contributed by atoms with Gasteiger partial charge in [-0.15, -0.1) is 0 Å². The molecule has 0 aliphatic rings. The van der Waals surface area contributed by atoms with Crippen LogP contribution in [-0.2, 0) is 10.1 Å². The lowest BCUT2D eigenvalue weighted by atomic mass is 10.0. The van der Waals surface area contributed by atoms with Crippen LogP contribution in [0.15, 0.2) is 55.1 Å². The lowest BCUT2D eigenvalue weighted by Crippen LogP contribution is -2.02. The third kappa shape index (κ3) is 2.75. The first-order valence-electron chi connectivity index (χ1n) is 5.73. The van der Waals surface area contributed by atoms with Crippen LogP contribution in [0.3, 0.4) is 0 Å². The van der Waals surface area contributed by atoms with Crippen LogP contribution in [0.1, 0.15) is 11.1 Å². The summed E-state index contributed by atoms with van der Waals surface area (Å²) in [4.78, 5) is -0.134. The molecule has 0 atom stereocenters. The van der Waals surface area contributed by atoms with Gasteiger partial charge in [-0.2, -0.15) is 8.42 Å². The summed E-state index contributed by atoms with van der Waals surface area (Å²) in [7, 11) is -4.28. The number of allylic oxidation sites excluding steroid dienone is 2. The molecule has 0 unspecified atom stereocenters. The molecule has 0 radical (unpaired) electrons. The van der Waals surface area contributed by atoms with Gasteiger partial charge in [-0.1, -0.05) is 43.0 Å². The maximum Gasteiger partial charge on any atom is 0.295 e. The fourth-order valence-corrected chi connectivity index (χ4v) is 2.81. The lowest BCUT2D eigenvalue weighted by Gasteiger charge is -2.09. The Morgan fingerprint density at radius 1 is 1.21 bits per heavy atom. The first-order valence-corrected chi connectivity index (χ1v) is 7.17. The number of benzene rings is 2. The molecule has 0 amide bonds. The summed E-state index contributed by atoms with van der Waals surface area (Å²) in [6.07, 6.45) is 2.64. The van der Waals surface area contributed by atoms with Crippen LogP contribution in [0.2, 0.25) is 0 Å². The maximum atomic E-state index is 11.4. The lowest BCUT2D eigenvalue weighted by molar-refractivity contribution is 0.496. The van der Waals surface area contributed by atoms with Crippen molar-refractivity contribution in [3.8, 4) is 0 Å². The van der Waals surface area contributed by atoms with Crippen molar-refractivity contribution in [3.63, 3.8) is 0 Å². The molecular weight excluding hydrogens is 260 g/mol. The average molecular weight is 274 g/mol. The van der Waals surface area contributed by atoms with Crippen LogP contribution in [0, 0.1) is 6.92 Å². The first-order chi connectivity index (χ1) is 8.93. The van der Waals surface area contributed by atoms with Gasteiger partial charge in [0.05, 0.1) is 0 Å². The minimum absolute atomic E-state index is 0.134. The molecule has 0 spiro atoms. The summed E-state index contributed by atoms with van der Waals surface area (Å²) in [5.41, 5.74) is 1.27. The van der Waals surface area contributed by atoms with Crippen molar-refractivity contribution in [2.24, 2.45) is 0 Å². The highest BCUT2D eigenvalue weighted by molar-refractivity contribution is 7.95. The van der Waals surface area contributed by atoms with E-state index in [1.54, 1.807) is 6.07 Å². The molecule has 0 heterocycles. The largest absolute Gasteiger partial charge is 0.295 e. The fraction of sp³-hybridized carbons (Fsp3) is 0.0667. The molecule has 2 aromatic rings. The van der Waals surface area contributed by atoms with E-state index in [2.05, 4.69) is 6.58 Å². The van der Waals surface area contributed by atoms with E-state index in [-0.39, 0.29) is 4.91 Å². The molecule has 0 aliphatic heterocycles. The topological polar surface area (TPSA) is 54.4 Å². The molecule has 2 aromatic carbocycles. The number of rotatable bonds is 3. The van der Waals surface area contributed by atoms with Crippen LogP contribution in [-0.4, -0.2) is 13.0 Å². The van der Waals surface area contributed by atoms with Gasteiger partial charge in [-0.25, -0.2) is 0 Å².